The summed E-state index contributed by atoms with van der Waals surface area (Å²) in [6.45, 7) is 0. The Morgan fingerprint density at radius 1 is 1.33 bits per heavy atom. The van der Waals surface area contributed by atoms with E-state index in [2.05, 4.69) is 9.97 Å². The SMILES string of the molecule is N#Cc1nc(N)[nH]c1Cc1ccccc1. The quantitative estimate of drug-likeness (QED) is 0.766. The molecule has 0 fully saturated rings. The molecule has 0 saturated carbocycles. The van der Waals surface area contributed by atoms with Crippen molar-refractivity contribution in [1.82, 2.24) is 9.97 Å². The molecule has 0 radical (unpaired) electrons. The fourth-order valence-electron chi connectivity index (χ4n) is 1.45. The van der Waals surface area contributed by atoms with Crippen LogP contribution >= 0.6 is 0 Å². The van der Waals surface area contributed by atoms with Gasteiger partial charge in [0.15, 0.2) is 11.6 Å². The summed E-state index contributed by atoms with van der Waals surface area (Å²) >= 11 is 0. The van der Waals surface area contributed by atoms with E-state index in [1.54, 1.807) is 0 Å². The third kappa shape index (κ3) is 1.97. The van der Waals surface area contributed by atoms with Crippen molar-refractivity contribution in [3.8, 4) is 6.07 Å². The van der Waals surface area contributed by atoms with Crippen molar-refractivity contribution in [2.75, 3.05) is 5.73 Å². The normalized spacial score (nSPS) is 9.80. The molecule has 4 heteroatoms. The summed E-state index contributed by atoms with van der Waals surface area (Å²) in [6.07, 6.45) is 0.647. The van der Waals surface area contributed by atoms with Crippen molar-refractivity contribution in [3.05, 3.63) is 47.3 Å². The lowest BCUT2D eigenvalue weighted by Crippen LogP contribution is -1.91. The maximum atomic E-state index is 8.82. The average Bonchev–Trinajstić information content (AvgIpc) is 2.60. The van der Waals surface area contributed by atoms with E-state index in [0.29, 0.717) is 12.1 Å². The Labute approximate surface area is 87.4 Å². The van der Waals surface area contributed by atoms with Gasteiger partial charge in [-0.1, -0.05) is 30.3 Å². The highest BCUT2D eigenvalue weighted by molar-refractivity contribution is 5.37. The van der Waals surface area contributed by atoms with E-state index in [9.17, 15) is 0 Å². The van der Waals surface area contributed by atoms with Crippen molar-refractivity contribution in [2.45, 2.75) is 6.42 Å². The Kier molecular flexibility index (Phi) is 2.38. The maximum Gasteiger partial charge on any atom is 0.198 e. The van der Waals surface area contributed by atoms with Gasteiger partial charge in [-0.05, 0) is 5.56 Å². The van der Waals surface area contributed by atoms with E-state index in [1.165, 1.54) is 0 Å². The van der Waals surface area contributed by atoms with E-state index in [-0.39, 0.29) is 5.95 Å². The standard InChI is InChI=1S/C11H10N4/c12-7-10-9(14-11(13)15-10)6-8-4-2-1-3-5-8/h1-5H,6H2,(H3,13,14,15). The van der Waals surface area contributed by atoms with Crippen LogP contribution < -0.4 is 5.73 Å². The molecule has 1 heterocycles. The summed E-state index contributed by atoms with van der Waals surface area (Å²) in [5.41, 5.74) is 7.75. The minimum absolute atomic E-state index is 0.289. The first-order chi connectivity index (χ1) is 7.29. The lowest BCUT2D eigenvalue weighted by Gasteiger charge is -1.97. The minimum Gasteiger partial charge on any atom is -0.369 e. The molecule has 74 valence electrons. The van der Waals surface area contributed by atoms with Crippen LogP contribution in [0.15, 0.2) is 30.3 Å². The highest BCUT2D eigenvalue weighted by Crippen LogP contribution is 2.12. The molecule has 0 aliphatic rings. The molecule has 15 heavy (non-hydrogen) atoms. The smallest absolute Gasteiger partial charge is 0.198 e. The highest BCUT2D eigenvalue weighted by atomic mass is 15.0. The number of nitriles is 1. The molecule has 2 aromatic rings. The topological polar surface area (TPSA) is 78.5 Å². The molecule has 3 N–H and O–H groups in total. The van der Waals surface area contributed by atoms with Gasteiger partial charge in [0, 0.05) is 6.42 Å². The summed E-state index contributed by atoms with van der Waals surface area (Å²) in [5, 5.41) is 8.82. The first-order valence-electron chi connectivity index (χ1n) is 4.58. The molecule has 0 aliphatic heterocycles. The Hall–Kier alpha value is -2.28. The second-order valence-corrected chi connectivity index (χ2v) is 3.22. The fourth-order valence-corrected chi connectivity index (χ4v) is 1.45. The molecule has 4 nitrogen and oxygen atoms in total. The molecular formula is C11H10N4. The van der Waals surface area contributed by atoms with Crippen LogP contribution in [-0.4, -0.2) is 9.97 Å². The second-order valence-electron chi connectivity index (χ2n) is 3.22. The van der Waals surface area contributed by atoms with Crippen LogP contribution in [0, 0.1) is 11.3 Å². The minimum atomic E-state index is 0.289. The van der Waals surface area contributed by atoms with Crippen molar-refractivity contribution in [1.29, 1.82) is 5.26 Å². The molecule has 0 bridgehead atoms. The number of hydrogen-bond acceptors (Lipinski definition) is 3. The largest absolute Gasteiger partial charge is 0.369 e. The van der Waals surface area contributed by atoms with E-state index >= 15 is 0 Å². The van der Waals surface area contributed by atoms with Crippen molar-refractivity contribution in [2.24, 2.45) is 0 Å². The van der Waals surface area contributed by atoms with Crippen LogP contribution in [0.2, 0.25) is 0 Å². The van der Waals surface area contributed by atoms with Gasteiger partial charge in [0.2, 0.25) is 0 Å². The van der Waals surface area contributed by atoms with Crippen molar-refractivity contribution >= 4 is 5.95 Å². The fraction of sp³-hybridized carbons (Fsp3) is 0.0909. The number of nitrogens with zero attached hydrogens (tertiary/aromatic N) is 2. The van der Waals surface area contributed by atoms with Gasteiger partial charge in [-0.25, -0.2) is 4.98 Å². The van der Waals surface area contributed by atoms with Gasteiger partial charge in [-0.2, -0.15) is 5.26 Å². The zero-order chi connectivity index (χ0) is 10.7. The van der Waals surface area contributed by atoms with Crippen LogP contribution in [0.3, 0.4) is 0 Å². The number of imidazole rings is 1. The van der Waals surface area contributed by atoms with E-state index in [4.69, 9.17) is 11.0 Å². The first kappa shape index (κ1) is 9.28. The van der Waals surface area contributed by atoms with Gasteiger partial charge in [-0.15, -0.1) is 0 Å². The Morgan fingerprint density at radius 3 is 2.73 bits per heavy atom. The number of aromatic nitrogens is 2. The number of benzene rings is 1. The summed E-state index contributed by atoms with van der Waals surface area (Å²) in [6, 6.07) is 11.9. The summed E-state index contributed by atoms with van der Waals surface area (Å²) in [7, 11) is 0. The van der Waals surface area contributed by atoms with Gasteiger partial charge in [0.25, 0.3) is 0 Å². The van der Waals surface area contributed by atoms with Crippen LogP contribution in [0.25, 0.3) is 0 Å². The van der Waals surface area contributed by atoms with E-state index in [1.807, 2.05) is 36.4 Å². The maximum absolute atomic E-state index is 8.82. The number of rotatable bonds is 2. The van der Waals surface area contributed by atoms with E-state index < -0.39 is 0 Å². The number of nitrogens with one attached hydrogen (secondary N) is 1. The van der Waals surface area contributed by atoms with Crippen molar-refractivity contribution < 1.29 is 0 Å². The Bertz CT molecular complexity index is 493. The van der Waals surface area contributed by atoms with E-state index in [0.717, 1.165) is 11.3 Å². The molecule has 0 atom stereocenters. The number of aromatic amines is 1. The molecule has 0 spiro atoms. The summed E-state index contributed by atoms with van der Waals surface area (Å²) < 4.78 is 0. The molecule has 0 saturated heterocycles. The van der Waals surface area contributed by atoms with Crippen LogP contribution in [0.4, 0.5) is 5.95 Å². The summed E-state index contributed by atoms with van der Waals surface area (Å²) in [4.78, 5) is 6.77. The lowest BCUT2D eigenvalue weighted by atomic mass is 10.1. The molecule has 1 aromatic carbocycles. The zero-order valence-corrected chi connectivity index (χ0v) is 8.07. The zero-order valence-electron chi connectivity index (χ0n) is 8.07. The molecular weight excluding hydrogens is 188 g/mol. The second kappa shape index (κ2) is 3.84. The Balaban J connectivity index is 2.29. The van der Waals surface area contributed by atoms with Crippen LogP contribution in [0.1, 0.15) is 17.0 Å². The Morgan fingerprint density at radius 2 is 2.07 bits per heavy atom. The molecule has 1 aromatic heterocycles. The van der Waals surface area contributed by atoms with Crippen molar-refractivity contribution in [3.63, 3.8) is 0 Å². The van der Waals surface area contributed by atoms with Gasteiger partial charge >= 0.3 is 0 Å². The molecule has 2 rings (SSSR count). The first-order valence-corrected chi connectivity index (χ1v) is 4.58. The molecule has 0 aliphatic carbocycles. The number of nitrogens with two attached hydrogens (primary N) is 1. The van der Waals surface area contributed by atoms with Gasteiger partial charge in [-0.3, -0.25) is 0 Å². The number of H-pyrrole nitrogens is 1. The molecule has 0 amide bonds. The van der Waals surface area contributed by atoms with Gasteiger partial charge in [0.1, 0.15) is 6.07 Å². The number of anilines is 1. The molecule has 0 unspecified atom stereocenters. The van der Waals surface area contributed by atoms with Crippen LogP contribution in [-0.2, 0) is 6.42 Å². The third-order valence-corrected chi connectivity index (χ3v) is 2.13. The van der Waals surface area contributed by atoms with Gasteiger partial charge in [0.05, 0.1) is 5.69 Å². The summed E-state index contributed by atoms with van der Waals surface area (Å²) in [5.74, 6) is 0.289. The number of nitrogen functional groups attached to an aromatic ring is 1. The number of hydrogen-bond donors (Lipinski definition) is 2. The monoisotopic (exact) mass is 198 g/mol. The predicted molar refractivity (Wildman–Crippen MR) is 57.0 cm³/mol. The predicted octanol–water partition coefficient (Wildman–Crippen LogP) is 1.45. The highest BCUT2D eigenvalue weighted by Gasteiger charge is 2.07. The lowest BCUT2D eigenvalue weighted by molar-refractivity contribution is 1.10. The average molecular weight is 198 g/mol. The van der Waals surface area contributed by atoms with Gasteiger partial charge < -0.3 is 10.7 Å². The third-order valence-electron chi connectivity index (χ3n) is 2.13. The van der Waals surface area contributed by atoms with Crippen LogP contribution in [0.5, 0.6) is 0 Å².